The van der Waals surface area contributed by atoms with Crippen LogP contribution in [-0.4, -0.2) is 67.1 Å². The van der Waals surface area contributed by atoms with Crippen molar-refractivity contribution in [3.05, 3.63) is 0 Å². The number of carbonyl (C=O) groups is 1. The molecular formula is C16H34N4O. The molecule has 1 rings (SSSR count). The predicted octanol–water partition coefficient (Wildman–Crippen LogP) is 1.04. The number of amides is 1. The van der Waals surface area contributed by atoms with Gasteiger partial charge in [0.1, 0.15) is 0 Å². The molecule has 0 aromatic carbocycles. The molecule has 5 nitrogen and oxygen atoms in total. The van der Waals surface area contributed by atoms with Gasteiger partial charge < -0.3 is 16.0 Å². The summed E-state index contributed by atoms with van der Waals surface area (Å²) in [6, 6.07) is 0. The number of hydrogen-bond acceptors (Lipinski definition) is 4. The third-order valence-electron chi connectivity index (χ3n) is 3.74. The van der Waals surface area contributed by atoms with E-state index in [-0.39, 0.29) is 11.4 Å². The zero-order valence-corrected chi connectivity index (χ0v) is 14.2. The van der Waals surface area contributed by atoms with Gasteiger partial charge in [0, 0.05) is 18.6 Å². The molecule has 1 heterocycles. The summed E-state index contributed by atoms with van der Waals surface area (Å²) in [5.74, 6) is 0.138. The van der Waals surface area contributed by atoms with Gasteiger partial charge in [-0.3, -0.25) is 9.69 Å². The van der Waals surface area contributed by atoms with Crippen molar-refractivity contribution < 1.29 is 4.79 Å². The van der Waals surface area contributed by atoms with Gasteiger partial charge in [-0.25, -0.2) is 0 Å². The molecule has 1 saturated heterocycles. The smallest absolute Gasteiger partial charge is 0.234 e. The molecule has 0 aromatic heterocycles. The maximum Gasteiger partial charge on any atom is 0.234 e. The van der Waals surface area contributed by atoms with E-state index in [0.29, 0.717) is 6.54 Å². The van der Waals surface area contributed by atoms with E-state index in [1.165, 1.54) is 19.4 Å². The fraction of sp³-hybridized carbons (Fsp3) is 0.938. The minimum absolute atomic E-state index is 0.138. The average molecular weight is 298 g/mol. The Hall–Kier alpha value is -0.650. The van der Waals surface area contributed by atoms with Crippen LogP contribution in [0.1, 0.15) is 46.5 Å². The lowest BCUT2D eigenvalue weighted by atomic mass is 10.1. The van der Waals surface area contributed by atoms with Crippen molar-refractivity contribution >= 4 is 5.91 Å². The van der Waals surface area contributed by atoms with Gasteiger partial charge in [0.05, 0.1) is 6.54 Å². The Morgan fingerprint density at radius 2 is 1.71 bits per heavy atom. The second-order valence-corrected chi connectivity index (χ2v) is 7.12. The molecular weight excluding hydrogens is 264 g/mol. The van der Waals surface area contributed by atoms with Gasteiger partial charge in [0.15, 0.2) is 0 Å². The van der Waals surface area contributed by atoms with Crippen molar-refractivity contribution in [2.45, 2.75) is 52.0 Å². The van der Waals surface area contributed by atoms with Crippen LogP contribution < -0.4 is 11.1 Å². The first kappa shape index (κ1) is 18.4. The molecule has 3 N–H and O–H groups in total. The molecule has 21 heavy (non-hydrogen) atoms. The number of hydrogen-bond donors (Lipinski definition) is 2. The van der Waals surface area contributed by atoms with E-state index in [1.54, 1.807) is 0 Å². The Morgan fingerprint density at radius 3 is 2.38 bits per heavy atom. The summed E-state index contributed by atoms with van der Waals surface area (Å²) in [6.07, 6.45) is 4.75. The molecule has 1 amide bonds. The van der Waals surface area contributed by atoms with Gasteiger partial charge >= 0.3 is 0 Å². The van der Waals surface area contributed by atoms with Crippen LogP contribution in [0.2, 0.25) is 0 Å². The highest BCUT2D eigenvalue weighted by molar-refractivity contribution is 5.78. The minimum Gasteiger partial charge on any atom is -0.350 e. The summed E-state index contributed by atoms with van der Waals surface area (Å²) in [4.78, 5) is 16.8. The summed E-state index contributed by atoms with van der Waals surface area (Å²) in [7, 11) is 0. The Balaban J connectivity index is 2.24. The van der Waals surface area contributed by atoms with Crippen LogP contribution in [0.4, 0.5) is 0 Å². The van der Waals surface area contributed by atoms with Crippen LogP contribution in [0.15, 0.2) is 0 Å². The van der Waals surface area contributed by atoms with Crippen molar-refractivity contribution in [3.63, 3.8) is 0 Å². The zero-order chi connectivity index (χ0) is 15.7. The summed E-state index contributed by atoms with van der Waals surface area (Å²) in [6.45, 7) is 12.8. The third-order valence-corrected chi connectivity index (χ3v) is 3.74. The van der Waals surface area contributed by atoms with E-state index in [2.05, 4.69) is 15.1 Å². The van der Waals surface area contributed by atoms with Crippen LogP contribution in [0.3, 0.4) is 0 Å². The summed E-state index contributed by atoms with van der Waals surface area (Å²) < 4.78 is 0. The van der Waals surface area contributed by atoms with Crippen molar-refractivity contribution in [3.8, 4) is 0 Å². The third kappa shape index (κ3) is 9.06. The summed E-state index contributed by atoms with van der Waals surface area (Å²) >= 11 is 0. The highest BCUT2D eigenvalue weighted by Crippen LogP contribution is 2.06. The Morgan fingerprint density at radius 1 is 1.05 bits per heavy atom. The molecule has 0 aliphatic carbocycles. The minimum atomic E-state index is -0.141. The van der Waals surface area contributed by atoms with E-state index in [1.807, 2.05) is 20.8 Å². The number of nitrogens with one attached hydrogen (secondary N) is 1. The van der Waals surface area contributed by atoms with Crippen LogP contribution >= 0.6 is 0 Å². The number of carbonyl (C=O) groups excluding carboxylic acids is 1. The Bertz CT molecular complexity index is 301. The van der Waals surface area contributed by atoms with Crippen molar-refractivity contribution in [2.75, 3.05) is 45.8 Å². The van der Waals surface area contributed by atoms with Gasteiger partial charge in [-0.05, 0) is 66.2 Å². The molecule has 5 heteroatoms. The maximum absolute atomic E-state index is 12.0. The molecule has 0 saturated carbocycles. The van der Waals surface area contributed by atoms with Crippen LogP contribution in [0.25, 0.3) is 0 Å². The quantitative estimate of drug-likeness (QED) is 0.689. The number of nitrogens with zero attached hydrogens (tertiary/aromatic N) is 2. The second-order valence-electron chi connectivity index (χ2n) is 7.12. The van der Waals surface area contributed by atoms with Crippen LogP contribution in [0.5, 0.6) is 0 Å². The molecule has 0 radical (unpaired) electrons. The molecule has 1 aliphatic heterocycles. The maximum atomic E-state index is 12.0. The van der Waals surface area contributed by atoms with Crippen LogP contribution in [-0.2, 0) is 4.79 Å². The number of rotatable bonds is 7. The fourth-order valence-electron chi connectivity index (χ4n) is 2.72. The van der Waals surface area contributed by atoms with E-state index in [9.17, 15) is 4.79 Å². The highest BCUT2D eigenvalue weighted by atomic mass is 16.2. The van der Waals surface area contributed by atoms with Gasteiger partial charge in [-0.1, -0.05) is 6.42 Å². The normalized spacial score (nSPS) is 18.5. The lowest BCUT2D eigenvalue weighted by Crippen LogP contribution is -2.46. The molecule has 1 aliphatic rings. The van der Waals surface area contributed by atoms with Gasteiger partial charge in [0.2, 0.25) is 5.91 Å². The van der Waals surface area contributed by atoms with Crippen LogP contribution in [0, 0.1) is 0 Å². The molecule has 0 aromatic rings. The SMILES string of the molecule is CC(C)(C)NC(=O)CN1CCCN(CCCCCN)CC1. The first-order valence-corrected chi connectivity index (χ1v) is 8.36. The lowest BCUT2D eigenvalue weighted by Gasteiger charge is -2.25. The van der Waals surface area contributed by atoms with E-state index in [0.717, 1.165) is 45.6 Å². The lowest BCUT2D eigenvalue weighted by molar-refractivity contribution is -0.123. The molecule has 124 valence electrons. The number of nitrogens with two attached hydrogens (primary N) is 1. The van der Waals surface area contributed by atoms with E-state index in [4.69, 9.17) is 5.73 Å². The first-order chi connectivity index (χ1) is 9.90. The molecule has 0 spiro atoms. The molecule has 0 atom stereocenters. The highest BCUT2D eigenvalue weighted by Gasteiger charge is 2.19. The van der Waals surface area contributed by atoms with Gasteiger partial charge in [-0.15, -0.1) is 0 Å². The Labute approximate surface area is 130 Å². The molecule has 0 unspecified atom stereocenters. The van der Waals surface area contributed by atoms with E-state index < -0.39 is 0 Å². The standard InChI is InChI=1S/C16H34N4O/c1-16(2,3)18-15(21)14-20-11-7-10-19(12-13-20)9-6-4-5-8-17/h4-14,17H2,1-3H3,(H,18,21). The first-order valence-electron chi connectivity index (χ1n) is 8.36. The van der Waals surface area contributed by atoms with Crippen molar-refractivity contribution in [1.82, 2.24) is 15.1 Å². The topological polar surface area (TPSA) is 61.6 Å². The summed E-state index contributed by atoms with van der Waals surface area (Å²) in [5, 5.41) is 3.04. The molecule has 1 fully saturated rings. The predicted molar refractivity (Wildman–Crippen MR) is 88.3 cm³/mol. The number of unbranched alkanes of at least 4 members (excludes halogenated alkanes) is 2. The van der Waals surface area contributed by atoms with Gasteiger partial charge in [-0.2, -0.15) is 0 Å². The van der Waals surface area contributed by atoms with Crippen molar-refractivity contribution in [1.29, 1.82) is 0 Å². The second kappa shape index (κ2) is 9.38. The largest absolute Gasteiger partial charge is 0.350 e. The fourth-order valence-corrected chi connectivity index (χ4v) is 2.72. The van der Waals surface area contributed by atoms with Gasteiger partial charge in [0.25, 0.3) is 0 Å². The van der Waals surface area contributed by atoms with Crippen molar-refractivity contribution in [2.24, 2.45) is 5.73 Å². The average Bonchev–Trinajstić information content (AvgIpc) is 2.58. The molecule has 0 bridgehead atoms. The summed E-state index contributed by atoms with van der Waals surface area (Å²) in [5.41, 5.74) is 5.38. The van der Waals surface area contributed by atoms with E-state index >= 15 is 0 Å². The Kier molecular flexibility index (Phi) is 8.22. The zero-order valence-electron chi connectivity index (χ0n) is 14.2. The monoisotopic (exact) mass is 298 g/mol.